The molecule has 3 saturated heterocycles. The van der Waals surface area contributed by atoms with E-state index in [4.69, 9.17) is 4.74 Å². The monoisotopic (exact) mass is 486 g/mol. The lowest BCUT2D eigenvalue weighted by atomic mass is 9.95. The van der Waals surface area contributed by atoms with Crippen molar-refractivity contribution >= 4 is 53.5 Å². The van der Waals surface area contributed by atoms with Gasteiger partial charge in [-0.25, -0.2) is 0 Å². The average Bonchev–Trinajstić information content (AvgIpc) is 3.28. The van der Waals surface area contributed by atoms with Crippen molar-refractivity contribution in [2.75, 3.05) is 63.7 Å². The Morgan fingerprint density at radius 3 is 2.75 bits per heavy atom. The van der Waals surface area contributed by atoms with Gasteiger partial charge in [0.15, 0.2) is 5.96 Å². The van der Waals surface area contributed by atoms with Gasteiger partial charge in [0.05, 0.1) is 13.2 Å². The molecule has 24 heavy (non-hydrogen) atoms. The number of rotatable bonds is 5. The number of nitrogens with zero attached hydrogens (tertiary/aromatic N) is 2. The molecule has 0 radical (unpaired) electrons. The molecule has 0 spiro atoms. The van der Waals surface area contributed by atoms with Gasteiger partial charge in [0.25, 0.3) is 0 Å². The van der Waals surface area contributed by atoms with Gasteiger partial charge in [-0.05, 0) is 30.8 Å². The Balaban J connectivity index is 0.00000208. The van der Waals surface area contributed by atoms with E-state index in [0.29, 0.717) is 0 Å². The first-order valence-electron chi connectivity index (χ1n) is 8.79. The maximum Gasteiger partial charge on any atom is 0.191 e. The summed E-state index contributed by atoms with van der Waals surface area (Å²) < 4.78 is 5.54. The number of morpholine rings is 1. The molecule has 0 saturated carbocycles. The molecule has 5 nitrogen and oxygen atoms in total. The summed E-state index contributed by atoms with van der Waals surface area (Å²) in [5.74, 6) is 4.76. The third-order valence-electron chi connectivity index (χ3n) is 5.09. The molecule has 3 aliphatic rings. The van der Waals surface area contributed by atoms with Crippen molar-refractivity contribution in [2.45, 2.75) is 30.1 Å². The third kappa shape index (κ3) is 5.56. The van der Waals surface area contributed by atoms with E-state index in [0.717, 1.165) is 50.6 Å². The van der Waals surface area contributed by atoms with Crippen LogP contribution in [0.2, 0.25) is 0 Å². The number of halogens is 1. The normalized spacial score (nSPS) is 31.7. The highest BCUT2D eigenvalue weighted by Crippen LogP contribution is 2.33. The van der Waals surface area contributed by atoms with Gasteiger partial charge in [-0.2, -0.15) is 23.5 Å². The van der Waals surface area contributed by atoms with Crippen LogP contribution >= 0.6 is 47.5 Å². The minimum absolute atomic E-state index is 0. The van der Waals surface area contributed by atoms with E-state index in [2.05, 4.69) is 44.0 Å². The van der Waals surface area contributed by atoms with Crippen LogP contribution in [0.4, 0.5) is 0 Å². The van der Waals surface area contributed by atoms with E-state index in [-0.39, 0.29) is 29.5 Å². The molecule has 2 unspecified atom stereocenters. The van der Waals surface area contributed by atoms with Gasteiger partial charge in [-0.3, -0.25) is 9.89 Å². The fourth-order valence-corrected chi connectivity index (χ4v) is 6.30. The lowest BCUT2D eigenvalue weighted by molar-refractivity contribution is -0.0120. The van der Waals surface area contributed by atoms with Crippen molar-refractivity contribution in [3.05, 3.63) is 0 Å². The van der Waals surface area contributed by atoms with Gasteiger partial charge in [-0.1, -0.05) is 0 Å². The predicted molar refractivity (Wildman–Crippen MR) is 117 cm³/mol. The zero-order chi connectivity index (χ0) is 16.0. The second-order valence-corrected chi connectivity index (χ2v) is 9.08. The minimum atomic E-state index is 0. The van der Waals surface area contributed by atoms with Crippen LogP contribution in [0.25, 0.3) is 0 Å². The fourth-order valence-electron chi connectivity index (χ4n) is 3.62. The Morgan fingerprint density at radius 1 is 1.29 bits per heavy atom. The average molecular weight is 486 g/mol. The number of thioether (sulfide) groups is 2. The van der Waals surface area contributed by atoms with Crippen LogP contribution in [-0.4, -0.2) is 85.3 Å². The first-order chi connectivity index (χ1) is 11.3. The van der Waals surface area contributed by atoms with E-state index in [9.17, 15) is 0 Å². The van der Waals surface area contributed by atoms with Crippen molar-refractivity contribution < 1.29 is 4.74 Å². The maximum absolute atomic E-state index is 5.54. The van der Waals surface area contributed by atoms with Gasteiger partial charge in [-0.15, -0.1) is 24.0 Å². The number of hydrogen-bond acceptors (Lipinski definition) is 5. The number of hydrogen-bond donors (Lipinski definition) is 2. The summed E-state index contributed by atoms with van der Waals surface area (Å²) >= 11 is 4.17. The minimum Gasteiger partial charge on any atom is -0.379 e. The van der Waals surface area contributed by atoms with Gasteiger partial charge < -0.3 is 15.4 Å². The highest BCUT2D eigenvalue weighted by Gasteiger charge is 2.40. The van der Waals surface area contributed by atoms with Crippen LogP contribution in [0.3, 0.4) is 0 Å². The van der Waals surface area contributed by atoms with Crippen LogP contribution in [-0.2, 0) is 4.74 Å². The smallest absolute Gasteiger partial charge is 0.191 e. The molecule has 0 aliphatic carbocycles. The zero-order valence-corrected chi connectivity index (χ0v) is 18.6. The highest BCUT2D eigenvalue weighted by atomic mass is 127. The topological polar surface area (TPSA) is 48.9 Å². The molecular formula is C16H31IN4OS2. The van der Waals surface area contributed by atoms with Crippen molar-refractivity contribution in [3.8, 4) is 0 Å². The van der Waals surface area contributed by atoms with Crippen molar-refractivity contribution in [2.24, 2.45) is 4.99 Å². The predicted octanol–water partition coefficient (Wildman–Crippen LogP) is 1.87. The molecule has 140 valence electrons. The van der Waals surface area contributed by atoms with Crippen molar-refractivity contribution in [1.82, 2.24) is 15.5 Å². The summed E-state index contributed by atoms with van der Waals surface area (Å²) in [6.45, 7) is 5.89. The first-order valence-corrected chi connectivity index (χ1v) is 11.0. The highest BCUT2D eigenvalue weighted by molar-refractivity contribution is 14.0. The third-order valence-corrected chi connectivity index (χ3v) is 7.73. The van der Waals surface area contributed by atoms with E-state index in [1.54, 1.807) is 0 Å². The van der Waals surface area contributed by atoms with E-state index < -0.39 is 0 Å². The molecule has 2 N–H and O–H groups in total. The number of nitrogens with one attached hydrogen (secondary N) is 2. The molecule has 3 aliphatic heterocycles. The number of aliphatic imine (C=N–C) groups is 1. The lowest BCUT2D eigenvalue weighted by Gasteiger charge is -2.43. The number of guanidine groups is 1. The molecule has 0 amide bonds. The molecule has 3 heterocycles. The standard InChI is InChI=1S/C16H30N4OS2.HI/c1-17-15(18-11-14-3-2-9-23-14)19-12-16(4-10-22-13-16)20-5-7-21-8-6-20;/h14H,2-13H2,1H3,(H2,17,18,19);1H. The quantitative estimate of drug-likeness (QED) is 0.352. The SMILES string of the molecule is CN=C(NCC1CCCS1)NCC1(N2CCOCC2)CCSC1.I. The summed E-state index contributed by atoms with van der Waals surface area (Å²) in [4.78, 5) is 7.06. The summed E-state index contributed by atoms with van der Waals surface area (Å²) in [6.07, 6.45) is 3.96. The molecule has 0 aromatic rings. The second kappa shape index (κ2) is 10.7. The van der Waals surface area contributed by atoms with Crippen LogP contribution < -0.4 is 10.6 Å². The summed E-state index contributed by atoms with van der Waals surface area (Å²) in [5, 5.41) is 7.88. The van der Waals surface area contributed by atoms with Crippen molar-refractivity contribution in [3.63, 3.8) is 0 Å². The summed E-state index contributed by atoms with van der Waals surface area (Å²) in [5.41, 5.74) is 0.272. The summed E-state index contributed by atoms with van der Waals surface area (Å²) in [6, 6.07) is 0. The molecule has 0 bridgehead atoms. The molecule has 3 rings (SSSR count). The fraction of sp³-hybridized carbons (Fsp3) is 0.938. The molecule has 0 aromatic heterocycles. The Bertz CT molecular complexity index is 396. The van der Waals surface area contributed by atoms with Gasteiger partial charge in [0, 0.05) is 49.8 Å². The Morgan fingerprint density at radius 2 is 2.12 bits per heavy atom. The van der Waals surface area contributed by atoms with Crippen molar-refractivity contribution in [1.29, 1.82) is 0 Å². The molecule has 8 heteroatoms. The maximum atomic E-state index is 5.54. The van der Waals surface area contributed by atoms with Crippen LogP contribution in [0, 0.1) is 0 Å². The Labute approximate surface area is 171 Å². The Kier molecular flexibility index (Phi) is 9.32. The van der Waals surface area contributed by atoms with E-state index >= 15 is 0 Å². The van der Waals surface area contributed by atoms with Crippen LogP contribution in [0.5, 0.6) is 0 Å². The number of ether oxygens (including phenoxy) is 1. The summed E-state index contributed by atoms with van der Waals surface area (Å²) in [7, 11) is 1.88. The molecule has 0 aromatic carbocycles. The van der Waals surface area contributed by atoms with Crippen LogP contribution in [0.15, 0.2) is 4.99 Å². The molecular weight excluding hydrogens is 455 g/mol. The Hall–Kier alpha value is 0.620. The van der Waals surface area contributed by atoms with Crippen LogP contribution in [0.1, 0.15) is 19.3 Å². The largest absolute Gasteiger partial charge is 0.379 e. The van der Waals surface area contributed by atoms with Gasteiger partial charge in [0.1, 0.15) is 0 Å². The zero-order valence-electron chi connectivity index (χ0n) is 14.6. The van der Waals surface area contributed by atoms with Gasteiger partial charge in [0.2, 0.25) is 0 Å². The molecule has 3 fully saturated rings. The lowest BCUT2D eigenvalue weighted by Crippen LogP contribution is -2.60. The van der Waals surface area contributed by atoms with E-state index in [1.807, 2.05) is 7.05 Å². The van der Waals surface area contributed by atoms with Gasteiger partial charge >= 0.3 is 0 Å². The van der Waals surface area contributed by atoms with E-state index in [1.165, 1.54) is 36.5 Å². The molecule has 2 atom stereocenters. The second-order valence-electron chi connectivity index (χ2n) is 6.57. The first kappa shape index (κ1) is 20.9.